The molecule has 6 heteroatoms. The number of rotatable bonds is 41. The lowest BCUT2D eigenvalue weighted by Gasteiger charge is -2.18. The van der Waals surface area contributed by atoms with Crippen LogP contribution in [0.15, 0.2) is 60.8 Å². The lowest BCUT2D eigenvalue weighted by molar-refractivity contribution is -0.167. The summed E-state index contributed by atoms with van der Waals surface area (Å²) in [7, 11) is 0. The second kappa shape index (κ2) is 44.8. The van der Waals surface area contributed by atoms with Crippen LogP contribution in [0.3, 0.4) is 0 Å². The van der Waals surface area contributed by atoms with Gasteiger partial charge in [-0.15, -0.1) is 0 Å². The van der Waals surface area contributed by atoms with Gasteiger partial charge in [0, 0.05) is 19.3 Å². The second-order valence-corrected chi connectivity index (χ2v) is 15.3. The van der Waals surface area contributed by atoms with Crippen molar-refractivity contribution in [3.63, 3.8) is 0 Å². The number of hydrogen-bond acceptors (Lipinski definition) is 6. The number of esters is 3. The van der Waals surface area contributed by atoms with Gasteiger partial charge in [0.05, 0.1) is 0 Å². The maximum atomic E-state index is 12.7. The van der Waals surface area contributed by atoms with Crippen molar-refractivity contribution < 1.29 is 28.6 Å². The average molecular weight is 783 g/mol. The van der Waals surface area contributed by atoms with E-state index in [1.807, 2.05) is 0 Å². The smallest absolute Gasteiger partial charge is 0.306 e. The lowest BCUT2D eigenvalue weighted by Crippen LogP contribution is -2.30. The summed E-state index contributed by atoms with van der Waals surface area (Å²) in [4.78, 5) is 37.7. The van der Waals surface area contributed by atoms with E-state index in [-0.39, 0.29) is 31.1 Å². The zero-order valence-corrected chi connectivity index (χ0v) is 36.6. The molecular formula is C50H86O6. The third-order valence-corrected chi connectivity index (χ3v) is 9.74. The first-order valence-corrected chi connectivity index (χ1v) is 23.3. The summed E-state index contributed by atoms with van der Waals surface area (Å²) < 4.78 is 16.7. The molecule has 0 aliphatic carbocycles. The van der Waals surface area contributed by atoms with Crippen molar-refractivity contribution in [2.24, 2.45) is 0 Å². The van der Waals surface area contributed by atoms with Crippen molar-refractivity contribution in [3.05, 3.63) is 60.8 Å². The Hall–Kier alpha value is -2.89. The molecule has 1 atom stereocenters. The molecule has 0 spiro atoms. The molecule has 0 saturated carbocycles. The van der Waals surface area contributed by atoms with Gasteiger partial charge in [-0.2, -0.15) is 0 Å². The maximum Gasteiger partial charge on any atom is 0.306 e. The Kier molecular flexibility index (Phi) is 42.5. The molecule has 0 aliphatic heterocycles. The Labute approximate surface area is 345 Å². The SMILES string of the molecule is CC/C=C\C/C=C\C/C=C\C/C=C\CCCCCCCCC(=O)OCC(COC(=O)CCCCCCCCCCC)OC(=O)CCCCCCC/C=C\CCC. The highest BCUT2D eigenvalue weighted by Gasteiger charge is 2.19. The molecule has 1 unspecified atom stereocenters. The van der Waals surface area contributed by atoms with Gasteiger partial charge in [0.25, 0.3) is 0 Å². The van der Waals surface area contributed by atoms with Crippen LogP contribution in [0.1, 0.15) is 220 Å². The van der Waals surface area contributed by atoms with Gasteiger partial charge in [-0.25, -0.2) is 0 Å². The van der Waals surface area contributed by atoms with Crippen molar-refractivity contribution in [3.8, 4) is 0 Å². The van der Waals surface area contributed by atoms with E-state index in [9.17, 15) is 14.4 Å². The molecule has 0 rings (SSSR count). The third-order valence-electron chi connectivity index (χ3n) is 9.74. The summed E-state index contributed by atoms with van der Waals surface area (Å²) in [6, 6.07) is 0. The van der Waals surface area contributed by atoms with Crippen LogP contribution < -0.4 is 0 Å². The molecule has 0 heterocycles. The van der Waals surface area contributed by atoms with Crippen LogP contribution in [0, 0.1) is 0 Å². The Morgan fingerprint density at radius 2 is 0.732 bits per heavy atom. The molecule has 0 aromatic rings. The molecule has 0 amide bonds. The molecular weight excluding hydrogens is 697 g/mol. The minimum absolute atomic E-state index is 0.0816. The normalized spacial score (nSPS) is 12.6. The average Bonchev–Trinajstić information content (AvgIpc) is 3.19. The molecule has 0 N–H and O–H groups in total. The zero-order valence-electron chi connectivity index (χ0n) is 36.6. The molecule has 6 nitrogen and oxygen atoms in total. The van der Waals surface area contributed by atoms with Crippen LogP contribution in [0.25, 0.3) is 0 Å². The number of ether oxygens (including phenoxy) is 3. The van der Waals surface area contributed by atoms with Gasteiger partial charge >= 0.3 is 17.9 Å². The fourth-order valence-electron chi connectivity index (χ4n) is 6.26. The monoisotopic (exact) mass is 783 g/mol. The van der Waals surface area contributed by atoms with E-state index in [0.29, 0.717) is 19.3 Å². The predicted molar refractivity (Wildman–Crippen MR) is 238 cm³/mol. The highest BCUT2D eigenvalue weighted by Crippen LogP contribution is 2.14. The quantitative estimate of drug-likeness (QED) is 0.0266. The minimum atomic E-state index is -0.779. The molecule has 56 heavy (non-hydrogen) atoms. The van der Waals surface area contributed by atoms with Gasteiger partial charge in [0.2, 0.25) is 0 Å². The molecule has 0 fully saturated rings. The van der Waals surface area contributed by atoms with Crippen molar-refractivity contribution in [2.45, 2.75) is 226 Å². The second-order valence-electron chi connectivity index (χ2n) is 15.3. The molecule has 0 saturated heterocycles. The van der Waals surface area contributed by atoms with Crippen molar-refractivity contribution in [1.82, 2.24) is 0 Å². The van der Waals surface area contributed by atoms with E-state index in [1.165, 1.54) is 70.6 Å². The van der Waals surface area contributed by atoms with Gasteiger partial charge in [-0.1, -0.05) is 184 Å². The molecule has 0 radical (unpaired) electrons. The zero-order chi connectivity index (χ0) is 40.8. The molecule has 0 aromatic heterocycles. The van der Waals surface area contributed by atoms with E-state index in [1.54, 1.807) is 0 Å². The first-order valence-electron chi connectivity index (χ1n) is 23.3. The van der Waals surface area contributed by atoms with Gasteiger partial charge in [-0.3, -0.25) is 14.4 Å². The van der Waals surface area contributed by atoms with Crippen molar-refractivity contribution in [2.75, 3.05) is 13.2 Å². The van der Waals surface area contributed by atoms with Crippen LogP contribution in [0.4, 0.5) is 0 Å². The summed E-state index contributed by atoms with van der Waals surface area (Å²) in [5.41, 5.74) is 0. The molecule has 0 aromatic carbocycles. The highest BCUT2D eigenvalue weighted by molar-refractivity contribution is 5.71. The fraction of sp³-hybridized carbons (Fsp3) is 0.740. The highest BCUT2D eigenvalue weighted by atomic mass is 16.6. The number of carbonyl (C=O) groups is 3. The molecule has 0 aliphatic rings. The first-order chi connectivity index (χ1) is 27.5. The molecule has 0 bridgehead atoms. The van der Waals surface area contributed by atoms with E-state index in [0.717, 1.165) is 109 Å². The number of allylic oxidation sites excluding steroid dienone is 10. The summed E-state index contributed by atoms with van der Waals surface area (Å²) >= 11 is 0. The van der Waals surface area contributed by atoms with E-state index < -0.39 is 6.10 Å². The summed E-state index contributed by atoms with van der Waals surface area (Å²) in [6.45, 7) is 6.41. The Morgan fingerprint density at radius 3 is 1.18 bits per heavy atom. The van der Waals surface area contributed by atoms with Crippen LogP contribution in [0.2, 0.25) is 0 Å². The first kappa shape index (κ1) is 53.1. The summed E-state index contributed by atoms with van der Waals surface area (Å²) in [5, 5.41) is 0. The van der Waals surface area contributed by atoms with Crippen LogP contribution in [-0.4, -0.2) is 37.2 Å². The topological polar surface area (TPSA) is 78.9 Å². The minimum Gasteiger partial charge on any atom is -0.462 e. The van der Waals surface area contributed by atoms with Crippen LogP contribution in [0.5, 0.6) is 0 Å². The lowest BCUT2D eigenvalue weighted by atomic mass is 10.1. The Bertz CT molecular complexity index is 1040. The maximum absolute atomic E-state index is 12.7. The fourth-order valence-corrected chi connectivity index (χ4v) is 6.26. The largest absolute Gasteiger partial charge is 0.462 e. The van der Waals surface area contributed by atoms with Crippen LogP contribution >= 0.6 is 0 Å². The van der Waals surface area contributed by atoms with E-state index >= 15 is 0 Å². The van der Waals surface area contributed by atoms with Gasteiger partial charge in [-0.05, 0) is 77.0 Å². The number of unbranched alkanes of at least 4 members (excludes halogenated alkanes) is 20. The standard InChI is InChI=1S/C50H86O6/c1-4-7-10-13-16-19-21-22-23-24-25-26-27-28-29-32-34-37-40-43-49(52)55-46-47(45-54-48(51)42-39-36-33-30-18-15-12-9-6-3)56-50(53)44-41-38-35-31-20-17-14-11-8-5-2/h7,10-11,14,16,19,22-23,25-26,47H,4-6,8-9,12-13,15,17-18,20-21,24,27-46H2,1-3H3/b10-7-,14-11-,19-16-,23-22-,26-25-. The van der Waals surface area contributed by atoms with Gasteiger partial charge < -0.3 is 14.2 Å². The predicted octanol–water partition coefficient (Wildman–Crippen LogP) is 14.9. The van der Waals surface area contributed by atoms with Crippen molar-refractivity contribution >= 4 is 17.9 Å². The third kappa shape index (κ3) is 42.3. The van der Waals surface area contributed by atoms with Gasteiger partial charge in [0.15, 0.2) is 6.10 Å². The van der Waals surface area contributed by atoms with Crippen molar-refractivity contribution in [1.29, 1.82) is 0 Å². The Morgan fingerprint density at radius 1 is 0.375 bits per heavy atom. The van der Waals surface area contributed by atoms with E-state index in [4.69, 9.17) is 14.2 Å². The summed E-state index contributed by atoms with van der Waals surface area (Å²) in [5.74, 6) is -0.912. The summed E-state index contributed by atoms with van der Waals surface area (Å²) in [6.07, 6.45) is 53.5. The number of carbonyl (C=O) groups excluding carboxylic acids is 3. The number of hydrogen-bond donors (Lipinski definition) is 0. The molecule has 322 valence electrons. The Balaban J connectivity index is 4.32. The van der Waals surface area contributed by atoms with Gasteiger partial charge in [0.1, 0.15) is 13.2 Å². The van der Waals surface area contributed by atoms with E-state index in [2.05, 4.69) is 81.5 Å². The van der Waals surface area contributed by atoms with Crippen LogP contribution in [-0.2, 0) is 28.6 Å².